The van der Waals surface area contributed by atoms with Gasteiger partial charge in [0.05, 0.1) is 24.4 Å². The van der Waals surface area contributed by atoms with E-state index in [9.17, 15) is 4.79 Å². The van der Waals surface area contributed by atoms with Gasteiger partial charge in [0.25, 0.3) is 0 Å². The van der Waals surface area contributed by atoms with Gasteiger partial charge in [0.15, 0.2) is 0 Å². The van der Waals surface area contributed by atoms with Crippen LogP contribution >= 0.6 is 0 Å². The van der Waals surface area contributed by atoms with Gasteiger partial charge >= 0.3 is 0 Å². The normalized spacial score (nSPS) is 38.0. The van der Waals surface area contributed by atoms with Crippen LogP contribution in [-0.2, 0) is 14.3 Å². The molecule has 0 aliphatic carbocycles. The summed E-state index contributed by atoms with van der Waals surface area (Å²) < 4.78 is 11.0. The van der Waals surface area contributed by atoms with Gasteiger partial charge < -0.3 is 14.8 Å². The fourth-order valence-electron chi connectivity index (χ4n) is 1.97. The van der Waals surface area contributed by atoms with Crippen LogP contribution < -0.4 is 5.32 Å². The molecule has 0 saturated carbocycles. The Morgan fingerprint density at radius 2 is 2.14 bits per heavy atom. The molecule has 1 saturated heterocycles. The third-order valence-corrected chi connectivity index (χ3v) is 2.59. The van der Waals surface area contributed by atoms with Crippen LogP contribution in [0.2, 0.25) is 0 Å². The van der Waals surface area contributed by atoms with Gasteiger partial charge in [-0.25, -0.2) is 0 Å². The molecule has 4 nitrogen and oxygen atoms in total. The average molecular weight is 201 g/mol. The summed E-state index contributed by atoms with van der Waals surface area (Å²) in [6.45, 7) is 5.49. The molecule has 0 spiro atoms. The quantitative estimate of drug-likeness (QED) is 0.715. The number of carbonyl (C=O) groups is 1. The van der Waals surface area contributed by atoms with E-state index in [-0.39, 0.29) is 30.3 Å². The van der Waals surface area contributed by atoms with Gasteiger partial charge in [-0.1, -0.05) is 0 Å². The molecule has 1 rings (SSSR count). The van der Waals surface area contributed by atoms with Crippen LogP contribution in [0.5, 0.6) is 0 Å². The maximum absolute atomic E-state index is 11.0. The van der Waals surface area contributed by atoms with E-state index in [2.05, 4.69) is 5.32 Å². The van der Waals surface area contributed by atoms with Gasteiger partial charge in [-0.05, 0) is 13.8 Å². The molecule has 4 atom stereocenters. The molecule has 1 heterocycles. The molecule has 1 aliphatic heterocycles. The predicted octanol–water partition coefficient (Wildman–Crippen LogP) is 0.703. The lowest BCUT2D eigenvalue weighted by molar-refractivity contribution is -0.134. The number of carbonyl (C=O) groups excluding carboxylic acids is 1. The maximum atomic E-state index is 11.0. The first-order valence-electron chi connectivity index (χ1n) is 5.00. The highest BCUT2D eigenvalue weighted by atomic mass is 16.5. The van der Waals surface area contributed by atoms with E-state index in [0.29, 0.717) is 0 Å². The first-order chi connectivity index (χ1) is 6.54. The minimum absolute atomic E-state index is 0.00704. The predicted molar refractivity (Wildman–Crippen MR) is 53.0 cm³/mol. The summed E-state index contributed by atoms with van der Waals surface area (Å²) in [4.78, 5) is 11.0. The topological polar surface area (TPSA) is 47.6 Å². The molecule has 0 radical (unpaired) electrons. The minimum Gasteiger partial charge on any atom is -0.379 e. The summed E-state index contributed by atoms with van der Waals surface area (Å²) >= 11 is 0. The van der Waals surface area contributed by atoms with Crippen molar-refractivity contribution >= 4 is 5.91 Å². The van der Waals surface area contributed by atoms with E-state index < -0.39 is 0 Å². The summed E-state index contributed by atoms with van der Waals surface area (Å²) in [7, 11) is 1.67. The highest BCUT2D eigenvalue weighted by Crippen LogP contribution is 2.21. The Bertz CT molecular complexity index is 208. The van der Waals surface area contributed by atoms with Crippen LogP contribution in [0.1, 0.15) is 27.2 Å². The van der Waals surface area contributed by atoms with E-state index in [0.717, 1.165) is 6.42 Å². The van der Waals surface area contributed by atoms with E-state index >= 15 is 0 Å². The molecule has 4 heteroatoms. The van der Waals surface area contributed by atoms with Crippen molar-refractivity contribution in [2.75, 3.05) is 7.11 Å². The second kappa shape index (κ2) is 4.75. The standard InChI is InChI=1S/C10H19NO3/c1-6-5-9(13-4)10(7(2)14-6)11-8(3)12/h6-7,9-10H,5H2,1-4H3,(H,11,12)/t6-,7-,9-,10-/m0/s1. The second-order valence-corrected chi connectivity index (χ2v) is 3.89. The number of rotatable bonds is 2. The zero-order valence-corrected chi connectivity index (χ0v) is 9.24. The summed E-state index contributed by atoms with van der Waals surface area (Å²) in [5.74, 6) is -0.0398. The van der Waals surface area contributed by atoms with E-state index in [1.54, 1.807) is 7.11 Å². The lowest BCUT2D eigenvalue weighted by atomic mass is 9.96. The molecule has 14 heavy (non-hydrogen) atoms. The van der Waals surface area contributed by atoms with Crippen molar-refractivity contribution in [2.24, 2.45) is 0 Å². The van der Waals surface area contributed by atoms with E-state index in [1.807, 2.05) is 13.8 Å². The maximum Gasteiger partial charge on any atom is 0.217 e. The number of methoxy groups -OCH3 is 1. The monoisotopic (exact) mass is 201 g/mol. The van der Waals surface area contributed by atoms with Crippen LogP contribution in [0.15, 0.2) is 0 Å². The molecular formula is C10H19NO3. The number of hydrogen-bond donors (Lipinski definition) is 1. The van der Waals surface area contributed by atoms with Crippen molar-refractivity contribution in [1.29, 1.82) is 0 Å². The minimum atomic E-state index is -0.0398. The van der Waals surface area contributed by atoms with Gasteiger partial charge in [0.2, 0.25) is 5.91 Å². The Labute approximate surface area is 85.0 Å². The summed E-state index contributed by atoms with van der Waals surface area (Å²) in [6, 6.07) is -0.0336. The smallest absolute Gasteiger partial charge is 0.217 e. The number of nitrogens with one attached hydrogen (secondary N) is 1. The van der Waals surface area contributed by atoms with Crippen molar-refractivity contribution in [3.05, 3.63) is 0 Å². The largest absolute Gasteiger partial charge is 0.379 e. The van der Waals surface area contributed by atoms with Gasteiger partial charge in [-0.2, -0.15) is 0 Å². The zero-order chi connectivity index (χ0) is 10.7. The van der Waals surface area contributed by atoms with E-state index in [4.69, 9.17) is 9.47 Å². The highest BCUT2D eigenvalue weighted by molar-refractivity contribution is 5.73. The summed E-state index contributed by atoms with van der Waals surface area (Å²) in [5, 5.41) is 2.86. The SMILES string of the molecule is CO[C@H]1C[C@H](C)O[C@@H](C)[C@@H]1NC(C)=O. The molecule has 1 amide bonds. The Kier molecular flexibility index (Phi) is 3.89. The van der Waals surface area contributed by atoms with Gasteiger partial charge in [-0.15, -0.1) is 0 Å². The van der Waals surface area contributed by atoms with Crippen molar-refractivity contribution in [1.82, 2.24) is 5.32 Å². The van der Waals surface area contributed by atoms with Crippen molar-refractivity contribution in [3.63, 3.8) is 0 Å². The molecular weight excluding hydrogens is 182 g/mol. The van der Waals surface area contributed by atoms with Crippen LogP contribution in [-0.4, -0.2) is 37.4 Å². The second-order valence-electron chi connectivity index (χ2n) is 3.89. The van der Waals surface area contributed by atoms with Crippen LogP contribution in [0.3, 0.4) is 0 Å². The molecule has 0 unspecified atom stereocenters. The Morgan fingerprint density at radius 1 is 1.50 bits per heavy atom. The Morgan fingerprint density at radius 3 is 2.64 bits per heavy atom. The van der Waals surface area contributed by atoms with E-state index in [1.165, 1.54) is 6.92 Å². The molecule has 0 aromatic carbocycles. The third kappa shape index (κ3) is 2.69. The van der Waals surface area contributed by atoms with Crippen molar-refractivity contribution in [2.45, 2.75) is 51.5 Å². The molecule has 0 aromatic rings. The molecule has 1 N–H and O–H groups in total. The van der Waals surface area contributed by atoms with Gasteiger partial charge in [0, 0.05) is 20.5 Å². The summed E-state index contributed by atoms with van der Waals surface area (Å²) in [5.41, 5.74) is 0. The zero-order valence-electron chi connectivity index (χ0n) is 9.24. The first kappa shape index (κ1) is 11.5. The summed E-state index contributed by atoms with van der Waals surface area (Å²) in [6.07, 6.45) is 1.08. The Balaban J connectivity index is 2.63. The lowest BCUT2D eigenvalue weighted by Gasteiger charge is -2.39. The van der Waals surface area contributed by atoms with Crippen LogP contribution in [0.25, 0.3) is 0 Å². The Hall–Kier alpha value is -0.610. The fourth-order valence-corrected chi connectivity index (χ4v) is 1.97. The average Bonchev–Trinajstić information content (AvgIpc) is 2.08. The van der Waals surface area contributed by atoms with Gasteiger partial charge in [-0.3, -0.25) is 4.79 Å². The van der Waals surface area contributed by atoms with Gasteiger partial charge in [0.1, 0.15) is 0 Å². The molecule has 82 valence electrons. The molecule has 0 bridgehead atoms. The van der Waals surface area contributed by atoms with Crippen molar-refractivity contribution in [3.8, 4) is 0 Å². The fraction of sp³-hybridized carbons (Fsp3) is 0.900. The first-order valence-corrected chi connectivity index (χ1v) is 5.00. The number of amides is 1. The molecule has 0 aromatic heterocycles. The van der Waals surface area contributed by atoms with Crippen molar-refractivity contribution < 1.29 is 14.3 Å². The third-order valence-electron chi connectivity index (χ3n) is 2.59. The van der Waals surface area contributed by atoms with Crippen LogP contribution in [0.4, 0.5) is 0 Å². The van der Waals surface area contributed by atoms with Crippen LogP contribution in [0, 0.1) is 0 Å². The number of hydrogen-bond acceptors (Lipinski definition) is 3. The molecule has 1 aliphatic rings. The number of ether oxygens (including phenoxy) is 2. The molecule has 1 fully saturated rings. The lowest BCUT2D eigenvalue weighted by Crippen LogP contribution is -2.55. The highest BCUT2D eigenvalue weighted by Gasteiger charge is 2.35.